The zero-order chi connectivity index (χ0) is 22.5. The second-order valence-corrected chi connectivity index (χ2v) is 8.91. The largest absolute Gasteiger partial charge is 0.350 e. The average molecular weight is 443 g/mol. The second-order valence-electron chi connectivity index (χ2n) is 8.91. The predicted octanol–water partition coefficient (Wildman–Crippen LogP) is 3.00. The van der Waals surface area contributed by atoms with Gasteiger partial charge in [0.15, 0.2) is 0 Å². The van der Waals surface area contributed by atoms with E-state index in [-0.39, 0.29) is 17.7 Å². The van der Waals surface area contributed by atoms with Gasteiger partial charge in [0.1, 0.15) is 0 Å². The quantitative estimate of drug-likeness (QED) is 0.606. The first-order valence-electron chi connectivity index (χ1n) is 11.8. The summed E-state index contributed by atoms with van der Waals surface area (Å²) in [6, 6.07) is 18.2. The zero-order valence-electron chi connectivity index (χ0n) is 18.8. The number of aromatic nitrogens is 3. The van der Waals surface area contributed by atoms with Crippen LogP contribution in [-0.4, -0.2) is 51.9 Å². The van der Waals surface area contributed by atoms with E-state index in [1.54, 1.807) is 6.20 Å². The van der Waals surface area contributed by atoms with E-state index in [9.17, 15) is 4.79 Å². The van der Waals surface area contributed by atoms with Crippen molar-refractivity contribution in [2.75, 3.05) is 31.1 Å². The van der Waals surface area contributed by atoms with E-state index in [1.807, 2.05) is 36.5 Å². The molecule has 2 aliphatic rings. The molecule has 1 amide bonds. The Hall–Kier alpha value is -3.32. The first-order valence-corrected chi connectivity index (χ1v) is 11.8. The summed E-state index contributed by atoms with van der Waals surface area (Å²) in [5.74, 6) is 0.710. The Balaban J connectivity index is 1.35. The van der Waals surface area contributed by atoms with Crippen LogP contribution in [0.25, 0.3) is 0 Å². The minimum atomic E-state index is -0.168. The van der Waals surface area contributed by atoms with Gasteiger partial charge in [-0.05, 0) is 36.6 Å². The van der Waals surface area contributed by atoms with Gasteiger partial charge < -0.3 is 10.2 Å². The van der Waals surface area contributed by atoms with Crippen LogP contribution in [0.3, 0.4) is 0 Å². The Kier molecular flexibility index (Phi) is 6.58. The van der Waals surface area contributed by atoms with Crippen molar-refractivity contribution >= 4 is 11.9 Å². The highest BCUT2D eigenvalue weighted by Crippen LogP contribution is 2.33. The lowest BCUT2D eigenvalue weighted by Crippen LogP contribution is -2.34. The number of carbonyl (C=O) groups excluding carboxylic acids is 1. The summed E-state index contributed by atoms with van der Waals surface area (Å²) >= 11 is 0. The normalized spacial score (nSPS) is 20.8. The number of hydrogen-bond acceptors (Lipinski definition) is 6. The number of hydrogen-bond donors (Lipinski definition) is 1. The first-order chi connectivity index (χ1) is 16.3. The molecule has 7 heteroatoms. The molecule has 0 bridgehead atoms. The summed E-state index contributed by atoms with van der Waals surface area (Å²) in [7, 11) is 0. The van der Waals surface area contributed by atoms with Crippen LogP contribution in [0, 0.1) is 5.92 Å². The fraction of sp³-hybridized carbons (Fsp3) is 0.385. The monoisotopic (exact) mass is 442 g/mol. The van der Waals surface area contributed by atoms with Gasteiger partial charge in [0.05, 0.1) is 23.9 Å². The maximum atomic E-state index is 13.3. The van der Waals surface area contributed by atoms with E-state index in [4.69, 9.17) is 4.98 Å². The van der Waals surface area contributed by atoms with Gasteiger partial charge in [-0.15, -0.1) is 0 Å². The number of carbonyl (C=O) groups is 1. The molecule has 7 nitrogen and oxygen atoms in total. The Bertz CT molecular complexity index is 1050. The lowest BCUT2D eigenvalue weighted by molar-refractivity contribution is -0.125. The smallest absolute Gasteiger partial charge is 0.225 e. The van der Waals surface area contributed by atoms with Gasteiger partial charge in [0, 0.05) is 51.0 Å². The van der Waals surface area contributed by atoms with Gasteiger partial charge in [0.2, 0.25) is 11.9 Å². The topological polar surface area (TPSA) is 74.2 Å². The van der Waals surface area contributed by atoms with Crippen molar-refractivity contribution < 1.29 is 4.79 Å². The highest BCUT2D eigenvalue weighted by molar-refractivity contribution is 5.80. The third-order valence-electron chi connectivity index (χ3n) is 6.58. The highest BCUT2D eigenvalue weighted by Gasteiger charge is 2.39. The van der Waals surface area contributed by atoms with Crippen LogP contribution in [0.2, 0.25) is 0 Å². The van der Waals surface area contributed by atoms with Gasteiger partial charge in [-0.2, -0.15) is 0 Å². The molecule has 1 aromatic carbocycles. The molecule has 0 radical (unpaired) electrons. The van der Waals surface area contributed by atoms with Crippen LogP contribution in [0.5, 0.6) is 0 Å². The summed E-state index contributed by atoms with van der Waals surface area (Å²) in [4.78, 5) is 31.7. The Labute approximate surface area is 194 Å². The van der Waals surface area contributed by atoms with Crippen LogP contribution < -0.4 is 10.2 Å². The molecule has 3 aromatic rings. The number of rotatable bonds is 7. The van der Waals surface area contributed by atoms with E-state index in [0.717, 1.165) is 43.5 Å². The van der Waals surface area contributed by atoms with Crippen LogP contribution in [0.4, 0.5) is 5.95 Å². The van der Waals surface area contributed by atoms with Gasteiger partial charge in [0.25, 0.3) is 0 Å². The third kappa shape index (κ3) is 5.20. The zero-order valence-corrected chi connectivity index (χ0v) is 18.8. The summed E-state index contributed by atoms with van der Waals surface area (Å²) in [6.45, 7) is 4.77. The van der Waals surface area contributed by atoms with Gasteiger partial charge in [-0.1, -0.05) is 36.4 Å². The Morgan fingerprint density at radius 1 is 0.939 bits per heavy atom. The van der Waals surface area contributed by atoms with Crippen molar-refractivity contribution in [2.24, 2.45) is 5.92 Å². The van der Waals surface area contributed by atoms with E-state index in [1.165, 1.54) is 18.4 Å². The molecule has 4 heterocycles. The van der Waals surface area contributed by atoms with E-state index >= 15 is 0 Å². The summed E-state index contributed by atoms with van der Waals surface area (Å²) < 4.78 is 0. The third-order valence-corrected chi connectivity index (χ3v) is 6.58. The lowest BCUT2D eigenvalue weighted by Gasteiger charge is -2.20. The van der Waals surface area contributed by atoms with E-state index in [2.05, 4.69) is 49.4 Å². The maximum Gasteiger partial charge on any atom is 0.225 e. The molecule has 0 spiro atoms. The molecular weight excluding hydrogens is 412 g/mol. The average Bonchev–Trinajstić information content (AvgIpc) is 3.55. The molecule has 2 atom stereocenters. The van der Waals surface area contributed by atoms with Crippen molar-refractivity contribution in [3.8, 4) is 0 Å². The summed E-state index contributed by atoms with van der Waals surface area (Å²) in [6.07, 6.45) is 5.96. The number of pyridine rings is 1. The Morgan fingerprint density at radius 2 is 1.76 bits per heavy atom. The lowest BCUT2D eigenvalue weighted by atomic mass is 9.92. The van der Waals surface area contributed by atoms with Crippen LogP contribution in [0.15, 0.2) is 67.0 Å². The van der Waals surface area contributed by atoms with E-state index in [0.29, 0.717) is 13.1 Å². The highest BCUT2D eigenvalue weighted by atomic mass is 16.2. The molecule has 2 aliphatic heterocycles. The molecule has 2 saturated heterocycles. The second kappa shape index (κ2) is 10.1. The number of amides is 1. The first kappa shape index (κ1) is 21.5. The molecule has 1 N–H and O–H groups in total. The number of anilines is 1. The SMILES string of the molecule is O=C(NCc1ccccn1)[C@H]1CN(Cc2ccccc2)C[C@@H]1c1ccnc(N2CCCC2)n1. The van der Waals surface area contributed by atoms with Crippen LogP contribution in [-0.2, 0) is 17.9 Å². The fourth-order valence-corrected chi connectivity index (χ4v) is 4.87. The van der Waals surface area contributed by atoms with E-state index < -0.39 is 0 Å². The van der Waals surface area contributed by atoms with Gasteiger partial charge in [-0.3, -0.25) is 14.7 Å². The number of nitrogens with zero attached hydrogens (tertiary/aromatic N) is 5. The molecular formula is C26H30N6O. The molecule has 0 aliphatic carbocycles. The number of benzene rings is 1. The predicted molar refractivity (Wildman–Crippen MR) is 128 cm³/mol. The molecule has 2 aromatic heterocycles. The fourth-order valence-electron chi connectivity index (χ4n) is 4.87. The maximum absolute atomic E-state index is 13.3. The molecule has 0 saturated carbocycles. The van der Waals surface area contributed by atoms with Crippen LogP contribution in [0.1, 0.15) is 35.7 Å². The number of likely N-dealkylation sites (tertiary alicyclic amines) is 1. The Morgan fingerprint density at radius 3 is 2.55 bits per heavy atom. The number of nitrogens with one attached hydrogen (secondary N) is 1. The summed E-state index contributed by atoms with van der Waals surface area (Å²) in [5.41, 5.74) is 3.08. The standard InChI is InChI=1S/C26H30N6O/c33-25(29-16-21-10-4-5-12-27-21)23-19-31(17-20-8-2-1-3-9-20)18-22(23)24-11-13-28-26(30-24)32-14-6-7-15-32/h1-5,8-13,22-23H,6-7,14-19H2,(H,29,33)/t22-,23-/m0/s1. The molecule has 5 rings (SSSR count). The van der Waals surface area contributed by atoms with Crippen molar-refractivity contribution in [2.45, 2.75) is 31.8 Å². The van der Waals surface area contributed by atoms with Crippen molar-refractivity contribution in [1.82, 2.24) is 25.2 Å². The molecule has 33 heavy (non-hydrogen) atoms. The molecule has 2 fully saturated rings. The van der Waals surface area contributed by atoms with Crippen molar-refractivity contribution in [3.63, 3.8) is 0 Å². The summed E-state index contributed by atoms with van der Waals surface area (Å²) in [5, 5.41) is 3.11. The van der Waals surface area contributed by atoms with Gasteiger partial charge >= 0.3 is 0 Å². The van der Waals surface area contributed by atoms with Crippen molar-refractivity contribution in [3.05, 3.63) is 83.9 Å². The molecule has 0 unspecified atom stereocenters. The molecule has 170 valence electrons. The van der Waals surface area contributed by atoms with Crippen LogP contribution >= 0.6 is 0 Å². The minimum absolute atomic E-state index is 0.0294. The van der Waals surface area contributed by atoms with Gasteiger partial charge in [-0.25, -0.2) is 9.97 Å². The van der Waals surface area contributed by atoms with Crippen molar-refractivity contribution in [1.29, 1.82) is 0 Å². The minimum Gasteiger partial charge on any atom is -0.350 e.